The summed E-state index contributed by atoms with van der Waals surface area (Å²) >= 11 is 2.03. The van der Waals surface area contributed by atoms with Crippen molar-refractivity contribution in [2.75, 3.05) is 0 Å². The molecule has 0 nitrogen and oxygen atoms in total. The minimum atomic E-state index is -8.27. The molecule has 0 aliphatic rings. The van der Waals surface area contributed by atoms with Crippen LogP contribution < -0.4 is 44.4 Å². The van der Waals surface area contributed by atoms with Crippen LogP contribution in [-0.2, 0) is 18.5 Å². The van der Waals surface area contributed by atoms with Gasteiger partial charge in [-0.2, -0.15) is 39.5 Å². The monoisotopic (exact) mass is 1280 g/mol. The van der Waals surface area contributed by atoms with E-state index in [0.29, 0.717) is 12.1 Å². The molecule has 0 atom stereocenters. The highest BCUT2D eigenvalue weighted by atomic mass is 127. The topological polar surface area (TPSA) is 0 Å². The van der Waals surface area contributed by atoms with E-state index in [2.05, 4.69) is 37.8 Å². The van der Waals surface area contributed by atoms with Crippen molar-refractivity contribution in [2.24, 2.45) is 0 Å². The first-order valence-corrected chi connectivity index (χ1v) is 21.6. The van der Waals surface area contributed by atoms with E-state index < -0.39 is 202 Å². The Kier molecular flexibility index (Phi) is 16.5. The van der Waals surface area contributed by atoms with Crippen molar-refractivity contribution >= 4 is 34.1 Å². The number of benzene rings is 7. The Morgan fingerprint density at radius 3 is 0.785 bits per heavy atom. The summed E-state index contributed by atoms with van der Waals surface area (Å²) in [6, 6.07) is 11.7. The first-order valence-electron chi connectivity index (χ1n) is 20.4. The average molecular weight is 1280 g/mol. The molecule has 0 radical (unpaired) electrons. The van der Waals surface area contributed by atoms with Gasteiger partial charge in [0.1, 0.15) is 69.4 Å². The van der Waals surface area contributed by atoms with Gasteiger partial charge in [-0.1, -0.05) is 54.6 Å². The normalized spacial score (nSPS) is 12.3. The lowest BCUT2D eigenvalue weighted by Gasteiger charge is -2.45. The number of hydrogen-bond acceptors (Lipinski definition) is 0. The molecule has 0 spiro atoms. The molecule has 0 amide bonds. The summed E-state index contributed by atoms with van der Waals surface area (Å²) in [5, 5.41) is 0. The van der Waals surface area contributed by atoms with Crippen molar-refractivity contribution < 1.29 is 150 Å². The van der Waals surface area contributed by atoms with E-state index in [0.717, 1.165) is 18.2 Å². The zero-order valence-corrected chi connectivity index (χ0v) is 39.7. The second kappa shape index (κ2) is 21.3. The van der Waals surface area contributed by atoms with Gasteiger partial charge in [-0.25, -0.2) is 87.8 Å². The predicted molar refractivity (Wildman–Crippen MR) is 216 cm³/mol. The Hall–Kier alpha value is -6.96. The van der Waals surface area contributed by atoms with Gasteiger partial charge in [0.05, 0.1) is 16.7 Å². The van der Waals surface area contributed by atoms with Gasteiger partial charge in [0, 0.05) is 0 Å². The van der Waals surface area contributed by atoms with E-state index in [9.17, 15) is 39.5 Å². The smallest absolute Gasteiger partial charge is 0.207 e. The third-order valence-electron chi connectivity index (χ3n) is 11.7. The molecular weight excluding hydrogens is 1270 g/mol. The molecule has 0 bridgehead atoms. The van der Waals surface area contributed by atoms with E-state index in [-0.39, 0.29) is 5.56 Å². The average Bonchev–Trinajstić information content (AvgIpc) is 3.53. The van der Waals surface area contributed by atoms with Gasteiger partial charge in [0.25, 0.3) is 22.6 Å². The molecule has 0 fully saturated rings. The maximum Gasteiger partial charge on any atom is 0.422 e. The lowest BCUT2D eigenvalue weighted by atomic mass is 9.12. The van der Waals surface area contributed by atoms with Crippen LogP contribution >= 0.6 is 0 Å². The van der Waals surface area contributed by atoms with Crippen LogP contribution in [0.15, 0.2) is 55.1 Å². The minimum absolute atomic E-state index is 0.115. The standard InChI is InChI=1S/C41H7BF29.C7H8I/c1-2-7-3-5-8(6-4-7)9-19(43)21(45)10(22(46)20(9)44)11-23(47)31(55)15(32(56)24(11)48)42(16-33(57)25(49)12(39(63,64)65)26(50)34(16)58,17-35(59)27(51)13(40(66,67)68)28(52)36(17)60)18-37(61)29(53)14(41(69,70)71)30(54)38(18)62;1-6-2-4-7(8)5-3-6/h2-6H,1H2;2-5,8H,1H3/q-1;+1. The number of halogens is 30. The summed E-state index contributed by atoms with van der Waals surface area (Å²) in [5.74, 6) is -81.5. The van der Waals surface area contributed by atoms with E-state index >= 15 is 87.8 Å². The molecule has 31 heteroatoms. The van der Waals surface area contributed by atoms with Crippen LogP contribution in [0.4, 0.5) is 127 Å². The molecule has 7 aromatic carbocycles. The fraction of sp³-hybridized carbons (Fsp3) is 0.0833. The summed E-state index contributed by atoms with van der Waals surface area (Å²) in [5.41, 5.74) is -37.2. The Labute approximate surface area is 433 Å². The maximum absolute atomic E-state index is 17.0. The molecule has 420 valence electrons. The fourth-order valence-electron chi connectivity index (χ4n) is 8.38. The van der Waals surface area contributed by atoms with Gasteiger partial charge in [-0.3, -0.25) is 0 Å². The number of rotatable bonds is 7. The fourth-order valence-corrected chi connectivity index (χ4v) is 8.76. The number of aryl methyl sites for hydroxylation is 1. The van der Waals surface area contributed by atoms with Crippen LogP contribution in [0.2, 0.25) is 0 Å². The summed E-state index contributed by atoms with van der Waals surface area (Å²) in [4.78, 5) is 0. The molecule has 0 heterocycles. The Bertz CT molecular complexity index is 3290. The molecule has 0 unspecified atom stereocenters. The summed E-state index contributed by atoms with van der Waals surface area (Å²) in [6.45, 7) is 5.39. The zero-order chi connectivity index (χ0) is 60.0. The van der Waals surface area contributed by atoms with Crippen molar-refractivity contribution in [3.63, 3.8) is 0 Å². The molecule has 0 saturated heterocycles. The number of hydrogen-bond donors (Lipinski definition) is 0. The Morgan fingerprint density at radius 2 is 0.557 bits per heavy atom. The molecule has 0 N–H and O–H groups in total. The van der Waals surface area contributed by atoms with E-state index in [1.165, 1.54) is 9.13 Å². The first-order chi connectivity index (χ1) is 36.3. The molecule has 7 rings (SSSR count). The Balaban J connectivity index is 0.00000115. The third-order valence-corrected chi connectivity index (χ3v) is 12.5. The summed E-state index contributed by atoms with van der Waals surface area (Å²) in [7, 11) is 0. The first kappa shape index (κ1) is 61.3. The molecule has 7 aromatic rings. The van der Waals surface area contributed by atoms with Crippen molar-refractivity contribution in [2.45, 2.75) is 25.5 Å². The van der Waals surface area contributed by atoms with Crippen LogP contribution in [0, 0.1) is 127 Å². The molecule has 79 heavy (non-hydrogen) atoms. The highest BCUT2D eigenvalue weighted by Crippen LogP contribution is 2.44. The summed E-state index contributed by atoms with van der Waals surface area (Å²) in [6.07, 6.45) is -28.0. The van der Waals surface area contributed by atoms with E-state index in [1.807, 2.05) is 22.6 Å². The summed E-state index contributed by atoms with van der Waals surface area (Å²) < 4.78 is 446. The van der Waals surface area contributed by atoms with Gasteiger partial charge in [-0.15, -0.1) is 21.9 Å². The second-order valence-electron chi connectivity index (χ2n) is 16.2. The lowest BCUT2D eigenvalue weighted by Crippen LogP contribution is -3.34. The molecular formula is C48H15BF29I. The second-order valence-corrected chi connectivity index (χ2v) is 17.5. The van der Waals surface area contributed by atoms with Gasteiger partial charge in [-0.05, 0) is 30.2 Å². The zero-order valence-electron chi connectivity index (χ0n) is 37.3. The van der Waals surface area contributed by atoms with Gasteiger partial charge in [0.15, 0.2) is 73.4 Å². The molecule has 0 aliphatic carbocycles. The van der Waals surface area contributed by atoms with E-state index in [4.69, 9.17) is 0 Å². The largest absolute Gasteiger partial charge is 0.422 e. The molecule has 0 aromatic heterocycles. The van der Waals surface area contributed by atoms with Gasteiger partial charge in [0.2, 0.25) is 0 Å². The molecule has 0 aliphatic heterocycles. The number of alkyl halides is 9. The van der Waals surface area contributed by atoms with Gasteiger partial charge >= 0.3 is 18.5 Å². The quantitative estimate of drug-likeness (QED) is 0.0646. The highest BCUT2D eigenvalue weighted by Gasteiger charge is 2.56. The van der Waals surface area contributed by atoms with Crippen LogP contribution in [0.25, 0.3) is 28.3 Å². The van der Waals surface area contributed by atoms with Crippen LogP contribution in [-0.4, -0.2) is 6.15 Å². The third kappa shape index (κ3) is 9.89. The van der Waals surface area contributed by atoms with Crippen molar-refractivity contribution in [3.05, 3.63) is 203 Å². The highest BCUT2D eigenvalue weighted by molar-refractivity contribution is 7.20. The van der Waals surface area contributed by atoms with Crippen LogP contribution in [0.3, 0.4) is 0 Å². The van der Waals surface area contributed by atoms with Crippen molar-refractivity contribution in [1.29, 1.82) is 0 Å². The van der Waals surface area contributed by atoms with Crippen LogP contribution in [0.1, 0.15) is 27.8 Å². The van der Waals surface area contributed by atoms with Crippen molar-refractivity contribution in [1.82, 2.24) is 0 Å². The Morgan fingerprint density at radius 1 is 0.329 bits per heavy atom. The predicted octanol–water partition coefficient (Wildman–Crippen LogP) is 11.3. The van der Waals surface area contributed by atoms with Crippen LogP contribution in [0.5, 0.6) is 0 Å². The van der Waals surface area contributed by atoms with E-state index in [1.54, 1.807) is 0 Å². The van der Waals surface area contributed by atoms with Crippen molar-refractivity contribution in [3.8, 4) is 22.3 Å². The minimum Gasteiger partial charge on any atom is -0.207 e. The lowest BCUT2D eigenvalue weighted by molar-refractivity contribution is -0.328. The SMILES string of the molecule is C=Cc1ccc(-c2c(F)c(F)c(-c3c(F)c(F)c([B-](c4c(F)c(F)c(C(F)(F)F)c(F)c4F)(c4c(F)c(F)c(C(F)(F)F)c(F)c4F)c4c(F)c(F)c(C(F)(F)F)c(F)c4F)c(F)c3F)c(F)c2F)cc1.Cc1ccc([IH+])cc1. The molecule has 0 saturated carbocycles. The van der Waals surface area contributed by atoms with Gasteiger partial charge < -0.3 is 0 Å². The maximum atomic E-state index is 17.0.